The summed E-state index contributed by atoms with van der Waals surface area (Å²) in [4.78, 5) is 28.9. The highest BCUT2D eigenvalue weighted by atomic mass is 16.6. The summed E-state index contributed by atoms with van der Waals surface area (Å²) in [5.74, 6) is -0.548. The fraction of sp³-hybridized carbons (Fsp3) is 0.273. The van der Waals surface area contributed by atoms with E-state index in [1.54, 1.807) is 4.90 Å². The van der Waals surface area contributed by atoms with Crippen molar-refractivity contribution < 1.29 is 29.3 Å². The van der Waals surface area contributed by atoms with Gasteiger partial charge in [-0.3, -0.25) is 4.79 Å². The van der Waals surface area contributed by atoms with Crippen LogP contribution in [0.3, 0.4) is 0 Å². The molecule has 2 amide bonds. The van der Waals surface area contributed by atoms with Gasteiger partial charge in [-0.1, -0.05) is 36.9 Å². The number of fused-ring (bicyclic) bond motifs is 3. The average Bonchev–Trinajstić information content (AvgIpc) is 2.83. The Bertz CT molecular complexity index is 1020. The van der Waals surface area contributed by atoms with E-state index >= 15 is 0 Å². The zero-order chi connectivity index (χ0) is 21.4. The summed E-state index contributed by atoms with van der Waals surface area (Å²) in [5, 5.41) is 21.5. The first kappa shape index (κ1) is 19.8. The van der Waals surface area contributed by atoms with Gasteiger partial charge in [-0.2, -0.15) is 0 Å². The molecule has 2 aliphatic rings. The monoisotopic (exact) mass is 410 g/mol. The molecule has 0 bridgehead atoms. The van der Waals surface area contributed by atoms with Gasteiger partial charge in [0.1, 0.15) is 6.61 Å². The Morgan fingerprint density at radius 3 is 2.73 bits per heavy atom. The number of rotatable bonds is 3. The number of phenols is 1. The Hall–Kier alpha value is -3.52. The molecule has 2 aliphatic heterocycles. The second kappa shape index (κ2) is 7.72. The molecule has 4 rings (SSSR count). The molecule has 2 aromatic rings. The van der Waals surface area contributed by atoms with Gasteiger partial charge in [0.05, 0.1) is 24.4 Å². The zero-order valence-corrected chi connectivity index (χ0v) is 16.4. The summed E-state index contributed by atoms with van der Waals surface area (Å²) in [6.07, 6.45) is -0.454. The van der Waals surface area contributed by atoms with Crippen LogP contribution in [-0.2, 0) is 17.7 Å². The number of aromatic hydroxyl groups is 1. The number of methoxy groups -OCH3 is 1. The molecule has 2 heterocycles. The summed E-state index contributed by atoms with van der Waals surface area (Å²) >= 11 is 0. The minimum Gasteiger partial charge on any atom is -0.504 e. The van der Waals surface area contributed by atoms with Crippen molar-refractivity contribution in [3.8, 4) is 11.5 Å². The van der Waals surface area contributed by atoms with Crippen molar-refractivity contribution in [2.24, 2.45) is 0 Å². The summed E-state index contributed by atoms with van der Waals surface area (Å²) in [6, 6.07) is 9.58. The number of hydrogen-bond donors (Lipinski definition) is 2. The van der Waals surface area contributed by atoms with Crippen LogP contribution in [0, 0.1) is 0 Å². The van der Waals surface area contributed by atoms with Crippen LogP contribution in [0.15, 0.2) is 49.1 Å². The molecule has 0 saturated carbocycles. The molecule has 2 N–H and O–H groups in total. The smallest absolute Gasteiger partial charge is 0.416 e. The lowest BCUT2D eigenvalue weighted by Gasteiger charge is -2.39. The van der Waals surface area contributed by atoms with Gasteiger partial charge >= 0.3 is 6.09 Å². The van der Waals surface area contributed by atoms with E-state index in [1.807, 2.05) is 24.3 Å². The Kier molecular flexibility index (Phi) is 5.09. The van der Waals surface area contributed by atoms with Gasteiger partial charge in [-0.25, -0.2) is 9.69 Å². The largest absolute Gasteiger partial charge is 0.504 e. The topological polar surface area (TPSA) is 99.5 Å². The van der Waals surface area contributed by atoms with Gasteiger partial charge < -0.3 is 24.6 Å². The molecule has 0 saturated heterocycles. The third-order valence-corrected chi connectivity index (χ3v) is 5.47. The van der Waals surface area contributed by atoms with Crippen molar-refractivity contribution in [1.29, 1.82) is 0 Å². The van der Waals surface area contributed by atoms with E-state index in [-0.39, 0.29) is 41.8 Å². The van der Waals surface area contributed by atoms with Crippen LogP contribution < -0.4 is 9.64 Å². The number of carbonyl (C=O) groups excluding carboxylic acids is 2. The SMILES string of the molecule is C=CCOC(=O)N1c2cc(O)c(OC)cc2C(=O)N2Cc3ccccc3C[C@H]2C1O. The van der Waals surface area contributed by atoms with Crippen molar-refractivity contribution in [3.05, 3.63) is 65.7 Å². The molecule has 8 heteroatoms. The molecular formula is C22H22N2O6. The van der Waals surface area contributed by atoms with Gasteiger partial charge in [0.2, 0.25) is 0 Å². The number of hydrogen-bond acceptors (Lipinski definition) is 6. The first-order chi connectivity index (χ1) is 14.5. The maximum atomic E-state index is 13.5. The third-order valence-electron chi connectivity index (χ3n) is 5.47. The van der Waals surface area contributed by atoms with Crippen LogP contribution >= 0.6 is 0 Å². The van der Waals surface area contributed by atoms with E-state index < -0.39 is 18.4 Å². The van der Waals surface area contributed by atoms with Crippen molar-refractivity contribution in [3.63, 3.8) is 0 Å². The van der Waals surface area contributed by atoms with Gasteiger partial charge in [0, 0.05) is 12.6 Å². The summed E-state index contributed by atoms with van der Waals surface area (Å²) in [6.45, 7) is 3.74. The van der Waals surface area contributed by atoms with Crippen molar-refractivity contribution in [2.45, 2.75) is 25.2 Å². The van der Waals surface area contributed by atoms with E-state index in [2.05, 4.69) is 6.58 Å². The number of phenolic OH excluding ortho intramolecular Hbond substituents is 1. The average molecular weight is 410 g/mol. The molecule has 1 unspecified atom stereocenters. The molecule has 0 fully saturated rings. The van der Waals surface area contributed by atoms with Crippen LogP contribution in [0.4, 0.5) is 10.5 Å². The highest BCUT2D eigenvalue weighted by Gasteiger charge is 2.45. The normalized spacial score (nSPS) is 19.9. The molecule has 0 aliphatic carbocycles. The number of nitrogens with zero attached hydrogens (tertiary/aromatic N) is 2. The quantitative estimate of drug-likeness (QED) is 0.754. The van der Waals surface area contributed by atoms with Crippen LogP contribution in [0.5, 0.6) is 11.5 Å². The first-order valence-corrected chi connectivity index (χ1v) is 9.50. The number of amides is 2. The Morgan fingerprint density at radius 2 is 2.03 bits per heavy atom. The molecule has 0 aromatic heterocycles. The predicted octanol–water partition coefficient (Wildman–Crippen LogP) is 2.43. The van der Waals surface area contributed by atoms with E-state index in [1.165, 1.54) is 25.3 Å². The summed E-state index contributed by atoms with van der Waals surface area (Å²) in [5.41, 5.74) is 2.15. The fourth-order valence-corrected chi connectivity index (χ4v) is 4.00. The molecule has 2 aromatic carbocycles. The summed E-state index contributed by atoms with van der Waals surface area (Å²) in [7, 11) is 1.37. The lowest BCUT2D eigenvalue weighted by atomic mass is 9.93. The number of aliphatic hydroxyl groups is 1. The van der Waals surface area contributed by atoms with Crippen LogP contribution in [0.2, 0.25) is 0 Å². The van der Waals surface area contributed by atoms with Gasteiger partial charge in [-0.15, -0.1) is 0 Å². The number of ether oxygens (including phenoxy) is 2. The second-order valence-corrected chi connectivity index (χ2v) is 7.16. The highest BCUT2D eigenvalue weighted by molar-refractivity contribution is 6.06. The fourth-order valence-electron chi connectivity index (χ4n) is 4.00. The molecule has 0 radical (unpaired) electrons. The van der Waals surface area contributed by atoms with E-state index in [0.29, 0.717) is 6.42 Å². The predicted molar refractivity (Wildman–Crippen MR) is 108 cm³/mol. The van der Waals surface area contributed by atoms with E-state index in [9.17, 15) is 19.8 Å². The molecule has 8 nitrogen and oxygen atoms in total. The minimum atomic E-state index is -1.38. The van der Waals surface area contributed by atoms with Gasteiger partial charge in [0.25, 0.3) is 5.91 Å². The zero-order valence-electron chi connectivity index (χ0n) is 16.4. The number of benzene rings is 2. The summed E-state index contributed by atoms with van der Waals surface area (Å²) < 4.78 is 10.3. The minimum absolute atomic E-state index is 0.0540. The third kappa shape index (κ3) is 3.15. The van der Waals surface area contributed by atoms with Gasteiger partial charge in [0.15, 0.2) is 17.7 Å². The molecule has 2 atom stereocenters. The Morgan fingerprint density at radius 1 is 1.30 bits per heavy atom. The van der Waals surface area contributed by atoms with E-state index in [0.717, 1.165) is 16.0 Å². The molecule has 156 valence electrons. The Balaban J connectivity index is 1.87. The molecular weight excluding hydrogens is 388 g/mol. The van der Waals surface area contributed by atoms with Gasteiger partial charge in [-0.05, 0) is 23.6 Å². The lowest BCUT2D eigenvalue weighted by molar-refractivity contribution is 0.0299. The number of anilines is 1. The maximum absolute atomic E-state index is 13.5. The highest BCUT2D eigenvalue weighted by Crippen LogP contribution is 2.40. The standard InChI is InChI=1S/C22H22N2O6/c1-3-8-30-22(28)24-16-11-18(25)19(29-2)10-15(16)20(26)23-12-14-7-5-4-6-13(14)9-17(23)21(24)27/h3-7,10-11,17,21,25,27H,1,8-9,12H2,2H3/t17-,21?/m0/s1. The Labute approximate surface area is 173 Å². The maximum Gasteiger partial charge on any atom is 0.416 e. The van der Waals surface area contributed by atoms with Crippen molar-refractivity contribution >= 4 is 17.7 Å². The van der Waals surface area contributed by atoms with Crippen LogP contribution in [0.1, 0.15) is 21.5 Å². The van der Waals surface area contributed by atoms with Crippen molar-refractivity contribution in [2.75, 3.05) is 18.6 Å². The van der Waals surface area contributed by atoms with Crippen LogP contribution in [0.25, 0.3) is 0 Å². The van der Waals surface area contributed by atoms with E-state index in [4.69, 9.17) is 9.47 Å². The molecule has 30 heavy (non-hydrogen) atoms. The van der Waals surface area contributed by atoms with Crippen molar-refractivity contribution in [1.82, 2.24) is 4.90 Å². The second-order valence-electron chi connectivity index (χ2n) is 7.16. The first-order valence-electron chi connectivity index (χ1n) is 9.50. The number of aliphatic hydroxyl groups excluding tert-OH is 1. The lowest BCUT2D eigenvalue weighted by Crippen LogP contribution is -2.55. The molecule has 0 spiro atoms. The van der Waals surface area contributed by atoms with Crippen LogP contribution in [-0.4, -0.2) is 53.1 Å². The number of carbonyl (C=O) groups is 2.